The second-order valence-corrected chi connectivity index (χ2v) is 10.4. The van der Waals surface area contributed by atoms with Gasteiger partial charge in [-0.25, -0.2) is 8.42 Å². The standard InChI is InChI=1S/C23H25N3O4S/c1-16(27)25-11-4-6-18-13-19(8-9-21(18)25)31(29,30)24-14-22-20-7-3-2-5-17(20)10-12-26(22)23(28)15-24/h2-3,5,7-9,13,22H,4,6,10-12,14-15H2,1H3/t22-/m1/s1. The van der Waals surface area contributed by atoms with Crippen LogP contribution in [0.5, 0.6) is 0 Å². The number of carbonyl (C=O) groups is 2. The summed E-state index contributed by atoms with van der Waals surface area (Å²) in [6.07, 6.45) is 2.32. The summed E-state index contributed by atoms with van der Waals surface area (Å²) in [4.78, 5) is 28.5. The van der Waals surface area contributed by atoms with Crippen LogP contribution in [0.4, 0.5) is 5.69 Å². The molecule has 3 aliphatic heterocycles. The molecular formula is C23H25N3O4S. The van der Waals surface area contributed by atoms with Gasteiger partial charge < -0.3 is 9.80 Å². The first kappa shape index (κ1) is 20.2. The molecule has 2 aromatic rings. The fourth-order valence-electron chi connectivity index (χ4n) is 5.04. The number of rotatable bonds is 2. The van der Waals surface area contributed by atoms with Crippen molar-refractivity contribution in [2.45, 2.75) is 37.1 Å². The maximum atomic E-state index is 13.5. The molecule has 3 aliphatic rings. The Morgan fingerprint density at radius 3 is 2.65 bits per heavy atom. The lowest BCUT2D eigenvalue weighted by molar-refractivity contribution is -0.138. The summed E-state index contributed by atoms with van der Waals surface area (Å²) in [5.41, 5.74) is 3.84. The van der Waals surface area contributed by atoms with Crippen molar-refractivity contribution < 1.29 is 18.0 Å². The largest absolute Gasteiger partial charge is 0.333 e. The van der Waals surface area contributed by atoms with Crippen molar-refractivity contribution in [1.82, 2.24) is 9.21 Å². The molecule has 1 fully saturated rings. The van der Waals surface area contributed by atoms with Crippen molar-refractivity contribution >= 4 is 27.5 Å². The first-order chi connectivity index (χ1) is 14.9. The van der Waals surface area contributed by atoms with E-state index in [0.29, 0.717) is 13.1 Å². The molecule has 8 heteroatoms. The Hall–Kier alpha value is -2.71. The zero-order chi connectivity index (χ0) is 21.8. The number of hydrogen-bond acceptors (Lipinski definition) is 4. The average molecular weight is 440 g/mol. The number of anilines is 1. The first-order valence-electron chi connectivity index (χ1n) is 10.6. The quantitative estimate of drug-likeness (QED) is 0.718. The van der Waals surface area contributed by atoms with E-state index in [0.717, 1.165) is 36.1 Å². The number of nitrogens with zero attached hydrogens (tertiary/aromatic N) is 3. The highest BCUT2D eigenvalue weighted by atomic mass is 32.2. The lowest BCUT2D eigenvalue weighted by atomic mass is 9.91. The van der Waals surface area contributed by atoms with E-state index in [9.17, 15) is 18.0 Å². The molecule has 162 valence electrons. The summed E-state index contributed by atoms with van der Waals surface area (Å²) in [6, 6.07) is 12.6. The van der Waals surface area contributed by atoms with Gasteiger partial charge in [0, 0.05) is 32.2 Å². The maximum Gasteiger partial charge on any atom is 0.243 e. The number of carbonyl (C=O) groups excluding carboxylic acids is 2. The molecule has 0 bridgehead atoms. The molecule has 2 aromatic carbocycles. The van der Waals surface area contributed by atoms with E-state index < -0.39 is 10.0 Å². The zero-order valence-corrected chi connectivity index (χ0v) is 18.3. The molecular weight excluding hydrogens is 414 g/mol. The molecule has 0 N–H and O–H groups in total. The minimum atomic E-state index is -3.84. The Morgan fingerprint density at radius 1 is 1.03 bits per heavy atom. The summed E-state index contributed by atoms with van der Waals surface area (Å²) in [5.74, 6) is -0.204. The molecule has 0 radical (unpaired) electrons. The monoisotopic (exact) mass is 439 g/mol. The number of amides is 2. The number of aryl methyl sites for hydroxylation is 1. The topological polar surface area (TPSA) is 78.0 Å². The van der Waals surface area contributed by atoms with Crippen LogP contribution in [0.15, 0.2) is 47.4 Å². The van der Waals surface area contributed by atoms with Crippen molar-refractivity contribution in [2.75, 3.05) is 31.1 Å². The van der Waals surface area contributed by atoms with Crippen molar-refractivity contribution in [3.8, 4) is 0 Å². The van der Waals surface area contributed by atoms with Crippen LogP contribution < -0.4 is 4.90 Å². The molecule has 31 heavy (non-hydrogen) atoms. The summed E-state index contributed by atoms with van der Waals surface area (Å²) in [6.45, 7) is 2.90. The lowest BCUT2D eigenvalue weighted by Gasteiger charge is -2.44. The van der Waals surface area contributed by atoms with Gasteiger partial charge in [0.25, 0.3) is 0 Å². The van der Waals surface area contributed by atoms with Crippen molar-refractivity contribution in [2.24, 2.45) is 0 Å². The summed E-state index contributed by atoms with van der Waals surface area (Å²) < 4.78 is 28.3. The summed E-state index contributed by atoms with van der Waals surface area (Å²) >= 11 is 0. The summed E-state index contributed by atoms with van der Waals surface area (Å²) in [5, 5.41) is 0. The van der Waals surface area contributed by atoms with E-state index in [-0.39, 0.29) is 35.8 Å². The van der Waals surface area contributed by atoms with Crippen molar-refractivity contribution in [3.05, 3.63) is 59.2 Å². The third-order valence-electron chi connectivity index (χ3n) is 6.61. The average Bonchev–Trinajstić information content (AvgIpc) is 2.77. The van der Waals surface area contributed by atoms with Crippen LogP contribution in [-0.2, 0) is 32.5 Å². The molecule has 0 aromatic heterocycles. The van der Waals surface area contributed by atoms with E-state index in [1.165, 1.54) is 16.8 Å². The Kier molecular flexibility index (Phi) is 4.86. The highest BCUT2D eigenvalue weighted by molar-refractivity contribution is 7.89. The molecule has 1 atom stereocenters. The number of sulfonamides is 1. The Balaban J connectivity index is 1.48. The van der Waals surface area contributed by atoms with Gasteiger partial charge in [-0.1, -0.05) is 24.3 Å². The smallest absolute Gasteiger partial charge is 0.243 e. The van der Waals surface area contributed by atoms with Gasteiger partial charge in [-0.3, -0.25) is 9.59 Å². The third-order valence-corrected chi connectivity index (χ3v) is 8.42. The molecule has 7 nitrogen and oxygen atoms in total. The predicted octanol–water partition coefficient (Wildman–Crippen LogP) is 2.12. The van der Waals surface area contributed by atoms with Crippen LogP contribution in [0.1, 0.15) is 36.1 Å². The normalized spacial score (nSPS) is 21.3. The van der Waals surface area contributed by atoms with Crippen LogP contribution in [0.2, 0.25) is 0 Å². The van der Waals surface area contributed by atoms with Crippen LogP contribution in [-0.4, -0.2) is 55.6 Å². The van der Waals surface area contributed by atoms with Crippen LogP contribution in [0.25, 0.3) is 0 Å². The fraction of sp³-hybridized carbons (Fsp3) is 0.391. The highest BCUT2D eigenvalue weighted by Gasteiger charge is 2.41. The number of piperazine rings is 1. The van der Waals surface area contributed by atoms with Crippen LogP contribution in [0.3, 0.4) is 0 Å². The maximum absolute atomic E-state index is 13.5. The van der Waals surface area contributed by atoms with Gasteiger partial charge in [-0.05, 0) is 54.2 Å². The Bertz CT molecular complexity index is 1180. The Morgan fingerprint density at radius 2 is 1.84 bits per heavy atom. The molecule has 5 rings (SSSR count). The second kappa shape index (κ2) is 7.46. The zero-order valence-electron chi connectivity index (χ0n) is 17.5. The van der Waals surface area contributed by atoms with E-state index in [1.54, 1.807) is 23.1 Å². The first-order valence-corrected chi connectivity index (χ1v) is 12.1. The molecule has 2 amide bonds. The number of benzene rings is 2. The van der Waals surface area contributed by atoms with Gasteiger partial charge >= 0.3 is 0 Å². The molecule has 0 spiro atoms. The molecule has 0 unspecified atom stereocenters. The summed E-state index contributed by atoms with van der Waals surface area (Å²) in [7, 11) is -3.84. The van der Waals surface area contributed by atoms with E-state index >= 15 is 0 Å². The van der Waals surface area contributed by atoms with Gasteiger partial charge in [0.1, 0.15) is 0 Å². The van der Waals surface area contributed by atoms with Gasteiger partial charge in [-0.15, -0.1) is 0 Å². The highest BCUT2D eigenvalue weighted by Crippen LogP contribution is 2.36. The second-order valence-electron chi connectivity index (χ2n) is 8.41. The predicted molar refractivity (Wildman–Crippen MR) is 116 cm³/mol. The Labute approximate surface area is 182 Å². The minimum absolute atomic E-state index is 0.0470. The molecule has 3 heterocycles. The van der Waals surface area contributed by atoms with Gasteiger partial charge in [0.15, 0.2) is 0 Å². The number of fused-ring (bicyclic) bond motifs is 4. The minimum Gasteiger partial charge on any atom is -0.333 e. The van der Waals surface area contributed by atoms with Crippen molar-refractivity contribution in [3.63, 3.8) is 0 Å². The van der Waals surface area contributed by atoms with Crippen LogP contribution >= 0.6 is 0 Å². The lowest BCUT2D eigenvalue weighted by Crippen LogP contribution is -2.55. The van der Waals surface area contributed by atoms with Crippen LogP contribution in [0, 0.1) is 0 Å². The fourth-order valence-corrected chi connectivity index (χ4v) is 6.49. The van der Waals surface area contributed by atoms with E-state index in [1.807, 2.05) is 23.1 Å². The van der Waals surface area contributed by atoms with Crippen molar-refractivity contribution in [1.29, 1.82) is 0 Å². The number of hydrogen-bond donors (Lipinski definition) is 0. The molecule has 0 aliphatic carbocycles. The van der Waals surface area contributed by atoms with Gasteiger partial charge in [0.2, 0.25) is 21.8 Å². The van der Waals surface area contributed by atoms with E-state index in [4.69, 9.17) is 0 Å². The van der Waals surface area contributed by atoms with Gasteiger partial charge in [0.05, 0.1) is 17.5 Å². The van der Waals surface area contributed by atoms with Gasteiger partial charge in [-0.2, -0.15) is 4.31 Å². The molecule has 1 saturated heterocycles. The van der Waals surface area contributed by atoms with E-state index in [2.05, 4.69) is 6.07 Å². The molecule has 0 saturated carbocycles. The SMILES string of the molecule is CC(=O)N1CCCc2cc(S(=O)(=O)N3CC(=O)N4CCc5ccccc5[C@H]4C3)ccc21. The third kappa shape index (κ3) is 3.34.